The molecular formula is C22H27ClN2O2. The zero-order valence-corrected chi connectivity index (χ0v) is 16.5. The van der Waals surface area contributed by atoms with E-state index < -0.39 is 5.60 Å². The second-order valence-electron chi connectivity index (χ2n) is 7.39. The molecular weight excluding hydrogens is 360 g/mol. The van der Waals surface area contributed by atoms with Crippen molar-refractivity contribution in [2.45, 2.75) is 31.8 Å². The van der Waals surface area contributed by atoms with Crippen LogP contribution in [0.1, 0.15) is 29.5 Å². The third kappa shape index (κ3) is 5.55. The van der Waals surface area contributed by atoms with Gasteiger partial charge in [-0.05, 0) is 43.0 Å². The highest BCUT2D eigenvalue weighted by atomic mass is 35.5. The van der Waals surface area contributed by atoms with E-state index in [1.807, 2.05) is 24.3 Å². The molecule has 0 bridgehead atoms. The number of hydrogen-bond acceptors (Lipinski definition) is 3. The van der Waals surface area contributed by atoms with E-state index in [0.717, 1.165) is 43.6 Å². The first kappa shape index (κ1) is 19.9. The summed E-state index contributed by atoms with van der Waals surface area (Å²) in [4.78, 5) is 14.3. The molecule has 1 saturated heterocycles. The molecule has 1 amide bonds. The summed E-state index contributed by atoms with van der Waals surface area (Å²) in [5.41, 5.74) is 2.43. The number of piperidine rings is 1. The zero-order chi connectivity index (χ0) is 19.3. The molecule has 27 heavy (non-hydrogen) atoms. The second kappa shape index (κ2) is 8.87. The van der Waals surface area contributed by atoms with Crippen LogP contribution in [-0.4, -0.2) is 42.1 Å². The molecule has 4 nitrogen and oxygen atoms in total. The topological polar surface area (TPSA) is 52.6 Å². The fraction of sp³-hybridized carbons (Fsp3) is 0.409. The molecule has 1 fully saturated rings. The number of benzene rings is 2. The van der Waals surface area contributed by atoms with E-state index in [9.17, 15) is 9.90 Å². The maximum atomic E-state index is 12.1. The lowest BCUT2D eigenvalue weighted by Crippen LogP contribution is -2.45. The molecule has 1 aliphatic rings. The number of aryl methyl sites for hydroxylation is 1. The fourth-order valence-electron chi connectivity index (χ4n) is 3.50. The van der Waals surface area contributed by atoms with Crippen molar-refractivity contribution < 1.29 is 9.90 Å². The van der Waals surface area contributed by atoms with Crippen LogP contribution in [-0.2, 0) is 16.8 Å². The third-order valence-corrected chi connectivity index (χ3v) is 5.55. The predicted molar refractivity (Wildman–Crippen MR) is 109 cm³/mol. The van der Waals surface area contributed by atoms with Gasteiger partial charge in [0.2, 0.25) is 5.91 Å². The molecule has 5 heteroatoms. The highest BCUT2D eigenvalue weighted by Crippen LogP contribution is 2.32. The Hall–Kier alpha value is -1.88. The van der Waals surface area contributed by atoms with E-state index in [1.54, 1.807) is 12.1 Å². The molecule has 0 aromatic heterocycles. The second-order valence-corrected chi connectivity index (χ2v) is 7.83. The number of likely N-dealkylation sites (tertiary alicyclic amines) is 1. The van der Waals surface area contributed by atoms with Crippen LogP contribution < -0.4 is 5.32 Å². The minimum atomic E-state index is -0.734. The molecule has 0 aliphatic carbocycles. The lowest BCUT2D eigenvalue weighted by molar-refractivity contribution is -0.120. The van der Waals surface area contributed by atoms with Crippen LogP contribution in [0.25, 0.3) is 0 Å². The first-order valence-electron chi connectivity index (χ1n) is 9.48. The van der Waals surface area contributed by atoms with Gasteiger partial charge in [-0.15, -0.1) is 0 Å². The van der Waals surface area contributed by atoms with Crippen molar-refractivity contribution in [2.24, 2.45) is 0 Å². The lowest BCUT2D eigenvalue weighted by Gasteiger charge is -2.38. The monoisotopic (exact) mass is 386 g/mol. The van der Waals surface area contributed by atoms with Gasteiger partial charge in [-0.2, -0.15) is 0 Å². The third-order valence-electron chi connectivity index (χ3n) is 5.30. The van der Waals surface area contributed by atoms with Gasteiger partial charge in [-0.25, -0.2) is 0 Å². The van der Waals surface area contributed by atoms with Crippen molar-refractivity contribution in [3.8, 4) is 0 Å². The van der Waals surface area contributed by atoms with Crippen LogP contribution in [0.3, 0.4) is 0 Å². The summed E-state index contributed by atoms with van der Waals surface area (Å²) in [5.74, 6) is 0.0190. The van der Waals surface area contributed by atoms with E-state index in [0.29, 0.717) is 18.0 Å². The smallest absolute Gasteiger partial charge is 0.224 e. The van der Waals surface area contributed by atoms with Gasteiger partial charge in [0.25, 0.3) is 0 Å². The number of halogens is 1. The van der Waals surface area contributed by atoms with Gasteiger partial charge < -0.3 is 15.3 Å². The maximum absolute atomic E-state index is 12.1. The largest absolute Gasteiger partial charge is 0.385 e. The number of aliphatic hydroxyl groups is 1. The maximum Gasteiger partial charge on any atom is 0.224 e. The minimum absolute atomic E-state index is 0.0190. The molecule has 2 aromatic rings. The van der Waals surface area contributed by atoms with E-state index in [2.05, 4.69) is 29.3 Å². The van der Waals surface area contributed by atoms with Gasteiger partial charge in [0.15, 0.2) is 0 Å². The summed E-state index contributed by atoms with van der Waals surface area (Å²) in [6.07, 6.45) is 1.80. The van der Waals surface area contributed by atoms with E-state index in [4.69, 9.17) is 11.6 Å². The van der Waals surface area contributed by atoms with Gasteiger partial charge in [-0.1, -0.05) is 53.6 Å². The van der Waals surface area contributed by atoms with Gasteiger partial charge in [0.05, 0.1) is 12.0 Å². The average molecular weight is 387 g/mol. The Bertz CT molecular complexity index is 751. The molecule has 0 radical (unpaired) electrons. The van der Waals surface area contributed by atoms with Gasteiger partial charge in [0.1, 0.15) is 0 Å². The van der Waals surface area contributed by atoms with Crippen molar-refractivity contribution >= 4 is 17.5 Å². The molecule has 3 rings (SSSR count). The number of carbonyl (C=O) groups is 1. The van der Waals surface area contributed by atoms with Gasteiger partial charge >= 0.3 is 0 Å². The Morgan fingerprint density at radius 1 is 1.11 bits per heavy atom. The number of nitrogens with zero attached hydrogens (tertiary/aromatic N) is 1. The van der Waals surface area contributed by atoms with Crippen LogP contribution in [0.15, 0.2) is 48.5 Å². The van der Waals surface area contributed by atoms with Crippen molar-refractivity contribution in [1.82, 2.24) is 10.2 Å². The Morgan fingerprint density at radius 2 is 1.74 bits per heavy atom. The summed E-state index contributed by atoms with van der Waals surface area (Å²) in [6.45, 7) is 5.14. The average Bonchev–Trinajstić information content (AvgIpc) is 2.66. The van der Waals surface area contributed by atoms with Crippen LogP contribution in [0, 0.1) is 6.92 Å². The molecule has 0 saturated carbocycles. The Balaban J connectivity index is 1.40. The summed E-state index contributed by atoms with van der Waals surface area (Å²) in [6, 6.07) is 15.5. The summed E-state index contributed by atoms with van der Waals surface area (Å²) < 4.78 is 0. The highest BCUT2D eigenvalue weighted by molar-refractivity contribution is 6.30. The van der Waals surface area contributed by atoms with Crippen molar-refractivity contribution in [1.29, 1.82) is 0 Å². The number of amides is 1. The Labute approximate surface area is 166 Å². The summed E-state index contributed by atoms with van der Waals surface area (Å²) >= 11 is 5.86. The lowest BCUT2D eigenvalue weighted by atomic mass is 9.84. The first-order valence-corrected chi connectivity index (χ1v) is 9.85. The quantitative estimate of drug-likeness (QED) is 0.801. The SMILES string of the molecule is Cc1ccc(C2(O)CCN(CCNC(=O)Cc3ccc(Cl)cc3)CC2)cc1. The minimum Gasteiger partial charge on any atom is -0.385 e. The standard InChI is InChI=1S/C22H27ClN2O2/c1-17-2-6-19(7-3-17)22(27)10-13-25(14-11-22)15-12-24-21(26)16-18-4-8-20(23)9-5-18/h2-9,27H,10-16H2,1H3,(H,24,26). The molecule has 1 heterocycles. The van der Waals surface area contributed by atoms with Crippen molar-refractivity contribution in [2.75, 3.05) is 26.2 Å². The summed E-state index contributed by atoms with van der Waals surface area (Å²) in [5, 5.41) is 14.6. The van der Waals surface area contributed by atoms with Crippen molar-refractivity contribution in [3.05, 3.63) is 70.2 Å². The molecule has 0 unspecified atom stereocenters. The molecule has 2 N–H and O–H groups in total. The van der Waals surface area contributed by atoms with Crippen LogP contribution in [0.2, 0.25) is 5.02 Å². The molecule has 1 aliphatic heterocycles. The summed E-state index contributed by atoms with van der Waals surface area (Å²) in [7, 11) is 0. The Kier molecular flexibility index (Phi) is 6.53. The fourth-order valence-corrected chi connectivity index (χ4v) is 3.63. The molecule has 0 spiro atoms. The van der Waals surface area contributed by atoms with Crippen LogP contribution in [0.4, 0.5) is 0 Å². The number of nitrogens with one attached hydrogen (secondary N) is 1. The van der Waals surface area contributed by atoms with Crippen molar-refractivity contribution in [3.63, 3.8) is 0 Å². The predicted octanol–water partition coefficient (Wildman–Crippen LogP) is 3.29. The van der Waals surface area contributed by atoms with E-state index in [-0.39, 0.29) is 5.91 Å². The van der Waals surface area contributed by atoms with Crippen LogP contribution in [0.5, 0.6) is 0 Å². The van der Waals surface area contributed by atoms with Gasteiger partial charge in [0, 0.05) is 31.2 Å². The number of rotatable bonds is 6. The van der Waals surface area contributed by atoms with E-state index in [1.165, 1.54) is 5.56 Å². The molecule has 2 aromatic carbocycles. The molecule has 0 atom stereocenters. The number of carbonyl (C=O) groups excluding carboxylic acids is 1. The molecule has 144 valence electrons. The van der Waals surface area contributed by atoms with E-state index >= 15 is 0 Å². The first-order chi connectivity index (χ1) is 12.9. The normalized spacial score (nSPS) is 16.9. The zero-order valence-electron chi connectivity index (χ0n) is 15.7. The number of hydrogen-bond donors (Lipinski definition) is 2. The van der Waals surface area contributed by atoms with Crippen LogP contribution >= 0.6 is 11.6 Å². The Morgan fingerprint density at radius 3 is 2.37 bits per heavy atom. The van der Waals surface area contributed by atoms with Gasteiger partial charge in [-0.3, -0.25) is 4.79 Å². The highest BCUT2D eigenvalue weighted by Gasteiger charge is 2.33.